The molecule has 0 bridgehead atoms. The summed E-state index contributed by atoms with van der Waals surface area (Å²) < 4.78 is 17.2. The highest BCUT2D eigenvalue weighted by Gasteiger charge is 2.46. The van der Waals surface area contributed by atoms with Gasteiger partial charge in [-0.05, 0) is 17.7 Å². The largest absolute Gasteiger partial charge is 0.508 e. The standard InChI is InChI=1S/C21H24O11/c22-7-16-17(27)18(28)19(29)21(32-16)31-15-6-10-12(25)4-9(23)5-14(10)30-20(15)8-1-2-11(24)13(26)3-8/h1-5,15-29H,6-7H2/t15-,16+,17+,18-,19+,20+,21?/m0/s1. The molecule has 0 radical (unpaired) electrons. The second-order valence-corrected chi connectivity index (χ2v) is 7.80. The molecule has 2 aromatic carbocycles. The minimum Gasteiger partial charge on any atom is -0.508 e. The Morgan fingerprint density at radius 1 is 0.875 bits per heavy atom. The molecule has 1 fully saturated rings. The predicted octanol–water partition coefficient (Wildman–Crippen LogP) is -0.630. The number of fused-ring (bicyclic) bond motifs is 1. The van der Waals surface area contributed by atoms with Crippen molar-refractivity contribution in [3.8, 4) is 28.7 Å². The lowest BCUT2D eigenvalue weighted by Gasteiger charge is -2.43. The second-order valence-electron chi connectivity index (χ2n) is 7.80. The Morgan fingerprint density at radius 3 is 2.31 bits per heavy atom. The molecule has 2 aromatic rings. The van der Waals surface area contributed by atoms with Gasteiger partial charge >= 0.3 is 0 Å². The number of aliphatic hydroxyl groups is 4. The van der Waals surface area contributed by atoms with E-state index >= 15 is 0 Å². The third-order valence-electron chi connectivity index (χ3n) is 5.65. The van der Waals surface area contributed by atoms with E-state index in [4.69, 9.17) is 14.2 Å². The van der Waals surface area contributed by atoms with Crippen LogP contribution in [0.4, 0.5) is 0 Å². The Bertz CT molecular complexity index is 978. The van der Waals surface area contributed by atoms with E-state index in [0.29, 0.717) is 11.1 Å². The lowest BCUT2D eigenvalue weighted by atomic mass is 9.93. The third-order valence-corrected chi connectivity index (χ3v) is 5.65. The van der Waals surface area contributed by atoms with Crippen LogP contribution in [0.2, 0.25) is 0 Å². The molecule has 4 rings (SSSR count). The average molecular weight is 452 g/mol. The fourth-order valence-electron chi connectivity index (χ4n) is 3.92. The van der Waals surface area contributed by atoms with Crippen LogP contribution in [0, 0.1) is 0 Å². The molecule has 174 valence electrons. The van der Waals surface area contributed by atoms with Gasteiger partial charge in [-0.1, -0.05) is 6.07 Å². The molecule has 0 spiro atoms. The number of aromatic hydroxyl groups is 4. The van der Waals surface area contributed by atoms with Gasteiger partial charge < -0.3 is 55.1 Å². The molecule has 0 aliphatic carbocycles. The normalized spacial score (nSPS) is 32.2. The first-order valence-corrected chi connectivity index (χ1v) is 9.89. The maximum Gasteiger partial charge on any atom is 0.187 e. The van der Waals surface area contributed by atoms with Crippen LogP contribution in [0.1, 0.15) is 17.2 Å². The van der Waals surface area contributed by atoms with Gasteiger partial charge in [0.2, 0.25) is 0 Å². The highest BCUT2D eigenvalue weighted by Crippen LogP contribution is 2.44. The zero-order chi connectivity index (χ0) is 23.2. The second kappa shape index (κ2) is 8.62. The maximum absolute atomic E-state index is 10.3. The molecule has 11 heteroatoms. The molecular formula is C21H24O11. The van der Waals surface area contributed by atoms with E-state index in [1.54, 1.807) is 0 Å². The maximum atomic E-state index is 10.3. The summed E-state index contributed by atoms with van der Waals surface area (Å²) in [7, 11) is 0. The van der Waals surface area contributed by atoms with Crippen LogP contribution >= 0.6 is 0 Å². The van der Waals surface area contributed by atoms with Crippen molar-refractivity contribution in [3.63, 3.8) is 0 Å². The number of phenols is 4. The Hall–Kier alpha value is -2.80. The minimum absolute atomic E-state index is 0.0166. The van der Waals surface area contributed by atoms with Crippen LogP contribution in [0.25, 0.3) is 0 Å². The van der Waals surface area contributed by atoms with Crippen molar-refractivity contribution in [1.82, 2.24) is 0 Å². The molecule has 2 heterocycles. The van der Waals surface area contributed by atoms with Crippen molar-refractivity contribution in [3.05, 3.63) is 41.5 Å². The molecule has 1 unspecified atom stereocenters. The van der Waals surface area contributed by atoms with Gasteiger partial charge in [0.15, 0.2) is 23.9 Å². The highest BCUT2D eigenvalue weighted by atomic mass is 16.7. The van der Waals surface area contributed by atoms with Crippen LogP contribution < -0.4 is 4.74 Å². The van der Waals surface area contributed by atoms with Crippen molar-refractivity contribution in [2.45, 2.75) is 49.3 Å². The van der Waals surface area contributed by atoms with Gasteiger partial charge in [-0.25, -0.2) is 0 Å². The zero-order valence-electron chi connectivity index (χ0n) is 16.6. The molecule has 2 aliphatic rings. The molecule has 32 heavy (non-hydrogen) atoms. The highest BCUT2D eigenvalue weighted by molar-refractivity contribution is 5.52. The number of hydrogen-bond donors (Lipinski definition) is 8. The molecule has 7 atom stereocenters. The summed E-state index contributed by atoms with van der Waals surface area (Å²) >= 11 is 0. The summed E-state index contributed by atoms with van der Waals surface area (Å²) in [5.74, 6) is -1.10. The first-order chi connectivity index (χ1) is 15.2. The van der Waals surface area contributed by atoms with Crippen LogP contribution in [0.3, 0.4) is 0 Å². The lowest BCUT2D eigenvalue weighted by Crippen LogP contribution is -2.60. The van der Waals surface area contributed by atoms with E-state index in [1.807, 2.05) is 0 Å². The lowest BCUT2D eigenvalue weighted by molar-refractivity contribution is -0.317. The van der Waals surface area contributed by atoms with Gasteiger partial charge in [0.25, 0.3) is 0 Å². The van der Waals surface area contributed by atoms with Crippen molar-refractivity contribution in [2.75, 3.05) is 6.61 Å². The van der Waals surface area contributed by atoms with Gasteiger partial charge in [-0.15, -0.1) is 0 Å². The van der Waals surface area contributed by atoms with Crippen molar-refractivity contribution in [2.24, 2.45) is 0 Å². The van der Waals surface area contributed by atoms with Gasteiger partial charge in [0.05, 0.1) is 6.61 Å². The van der Waals surface area contributed by atoms with Gasteiger partial charge in [-0.3, -0.25) is 0 Å². The van der Waals surface area contributed by atoms with Crippen LogP contribution in [0.5, 0.6) is 28.7 Å². The number of ether oxygens (including phenoxy) is 3. The van der Waals surface area contributed by atoms with E-state index in [9.17, 15) is 40.9 Å². The Morgan fingerprint density at radius 2 is 1.62 bits per heavy atom. The Kier molecular flexibility index (Phi) is 6.03. The quantitative estimate of drug-likeness (QED) is 0.276. The summed E-state index contributed by atoms with van der Waals surface area (Å²) in [5.41, 5.74) is 0.667. The van der Waals surface area contributed by atoms with E-state index in [-0.39, 0.29) is 29.4 Å². The molecule has 0 saturated carbocycles. The van der Waals surface area contributed by atoms with Gasteiger partial charge in [0.1, 0.15) is 47.8 Å². The van der Waals surface area contributed by atoms with E-state index in [1.165, 1.54) is 24.3 Å². The van der Waals surface area contributed by atoms with Crippen molar-refractivity contribution in [1.29, 1.82) is 0 Å². The average Bonchev–Trinajstić information content (AvgIpc) is 2.76. The smallest absolute Gasteiger partial charge is 0.187 e. The molecule has 2 aliphatic heterocycles. The Balaban J connectivity index is 1.68. The zero-order valence-corrected chi connectivity index (χ0v) is 16.6. The van der Waals surface area contributed by atoms with Crippen LogP contribution in [0.15, 0.2) is 30.3 Å². The SMILES string of the molecule is OC[C@H]1OC(O[C@H]2Cc3c(O)cc(O)cc3O[C@@H]2c2ccc(O)c(O)c2)[C@H](O)[C@@H](O)[C@@H]1O. The number of benzene rings is 2. The summed E-state index contributed by atoms with van der Waals surface area (Å²) in [6.07, 6.45) is -9.41. The van der Waals surface area contributed by atoms with Gasteiger partial charge in [0, 0.05) is 24.1 Å². The Labute approximate surface area is 181 Å². The fourth-order valence-corrected chi connectivity index (χ4v) is 3.92. The van der Waals surface area contributed by atoms with E-state index in [2.05, 4.69) is 0 Å². The number of hydrogen-bond acceptors (Lipinski definition) is 11. The first-order valence-electron chi connectivity index (χ1n) is 9.89. The first kappa shape index (κ1) is 22.4. The summed E-state index contributed by atoms with van der Waals surface area (Å²) in [6, 6.07) is 6.38. The molecule has 0 amide bonds. The molecule has 11 nitrogen and oxygen atoms in total. The summed E-state index contributed by atoms with van der Waals surface area (Å²) in [5, 5.41) is 79.4. The molecular weight excluding hydrogens is 428 g/mol. The van der Waals surface area contributed by atoms with E-state index < -0.39 is 55.3 Å². The van der Waals surface area contributed by atoms with E-state index in [0.717, 1.165) is 6.07 Å². The monoisotopic (exact) mass is 452 g/mol. The number of aliphatic hydroxyl groups excluding tert-OH is 4. The summed E-state index contributed by atoms with van der Waals surface area (Å²) in [4.78, 5) is 0. The van der Waals surface area contributed by atoms with Gasteiger partial charge in [-0.2, -0.15) is 0 Å². The molecule has 1 saturated heterocycles. The van der Waals surface area contributed by atoms with Crippen LogP contribution in [-0.2, 0) is 15.9 Å². The van der Waals surface area contributed by atoms with Crippen LogP contribution in [-0.4, -0.2) is 84.3 Å². The fraction of sp³-hybridized carbons (Fsp3) is 0.429. The topological polar surface area (TPSA) is 190 Å². The number of rotatable bonds is 4. The molecule has 8 N–H and O–H groups in total. The summed E-state index contributed by atoms with van der Waals surface area (Å²) in [6.45, 7) is -0.635. The predicted molar refractivity (Wildman–Crippen MR) is 105 cm³/mol. The van der Waals surface area contributed by atoms with Crippen molar-refractivity contribution >= 4 is 0 Å². The third kappa shape index (κ3) is 4.01. The molecule has 0 aromatic heterocycles. The minimum atomic E-state index is -1.66. The van der Waals surface area contributed by atoms with Crippen molar-refractivity contribution < 1.29 is 55.1 Å². The number of phenolic OH excluding ortho intramolecular Hbond substituents is 4.